The lowest BCUT2D eigenvalue weighted by Gasteiger charge is -2.38. The molecule has 0 radical (unpaired) electrons. The largest absolute Gasteiger partial charge is 0.508 e. The van der Waals surface area contributed by atoms with Gasteiger partial charge < -0.3 is 14.4 Å². The molecule has 34 heavy (non-hydrogen) atoms. The number of likely N-dealkylation sites (tertiary alicyclic amines) is 1. The molecule has 1 aliphatic rings. The fourth-order valence-corrected chi connectivity index (χ4v) is 4.94. The van der Waals surface area contributed by atoms with Crippen molar-refractivity contribution in [2.45, 2.75) is 26.8 Å². The minimum Gasteiger partial charge on any atom is -0.508 e. The van der Waals surface area contributed by atoms with E-state index in [1.54, 1.807) is 12.1 Å². The van der Waals surface area contributed by atoms with Crippen LogP contribution in [0.4, 0.5) is 4.39 Å². The Morgan fingerprint density at radius 2 is 1.74 bits per heavy atom. The number of fused-ring (bicyclic) bond motifs is 1. The van der Waals surface area contributed by atoms with Crippen molar-refractivity contribution in [1.82, 2.24) is 9.47 Å². The van der Waals surface area contributed by atoms with Crippen LogP contribution in [0, 0.1) is 18.7 Å². The Hall–Kier alpha value is -3.31. The summed E-state index contributed by atoms with van der Waals surface area (Å²) in [5.41, 5.74) is 5.23. The zero-order chi connectivity index (χ0) is 23.7. The van der Waals surface area contributed by atoms with E-state index in [-0.39, 0.29) is 11.6 Å². The Morgan fingerprint density at radius 3 is 2.44 bits per heavy atom. The molecule has 176 valence electrons. The van der Waals surface area contributed by atoms with Gasteiger partial charge in [-0.25, -0.2) is 4.39 Å². The Bertz CT molecular complexity index is 1270. The maximum atomic E-state index is 13.6. The molecule has 1 aromatic heterocycles. The molecule has 1 fully saturated rings. The van der Waals surface area contributed by atoms with Gasteiger partial charge in [-0.05, 0) is 84.1 Å². The Morgan fingerprint density at radius 1 is 1.00 bits per heavy atom. The lowest BCUT2D eigenvalue weighted by atomic mass is 9.98. The second-order valence-electron chi connectivity index (χ2n) is 9.29. The standard InChI is InChI=1S/C29H31FN2O2/c1-3-21-17-31(18-21)14-15-34-26-11-4-22(5-12-26)19-32-28-13-10-25(33)16-27(28)20(2)29(32)23-6-8-24(30)9-7-23/h4-13,16,21,33H,3,14-15,17-19H2,1-2H3. The fourth-order valence-electron chi connectivity index (χ4n) is 4.94. The molecule has 1 saturated heterocycles. The first kappa shape index (κ1) is 22.5. The summed E-state index contributed by atoms with van der Waals surface area (Å²) in [6, 6.07) is 20.3. The van der Waals surface area contributed by atoms with Crippen molar-refractivity contribution in [3.05, 3.63) is 83.7 Å². The summed E-state index contributed by atoms with van der Waals surface area (Å²) >= 11 is 0. The van der Waals surface area contributed by atoms with Crippen LogP contribution < -0.4 is 4.74 Å². The van der Waals surface area contributed by atoms with E-state index in [4.69, 9.17) is 4.74 Å². The highest BCUT2D eigenvalue weighted by Crippen LogP contribution is 2.35. The molecule has 4 aromatic rings. The average molecular weight is 459 g/mol. The molecule has 3 aromatic carbocycles. The van der Waals surface area contributed by atoms with E-state index < -0.39 is 0 Å². The Balaban J connectivity index is 1.36. The number of phenols is 1. The summed E-state index contributed by atoms with van der Waals surface area (Å²) in [7, 11) is 0. The number of rotatable bonds is 8. The third-order valence-electron chi connectivity index (χ3n) is 6.97. The lowest BCUT2D eigenvalue weighted by Crippen LogP contribution is -2.47. The van der Waals surface area contributed by atoms with E-state index in [2.05, 4.69) is 35.4 Å². The highest BCUT2D eigenvalue weighted by molar-refractivity contribution is 5.92. The molecule has 0 saturated carbocycles. The first-order chi connectivity index (χ1) is 16.5. The van der Waals surface area contributed by atoms with Gasteiger partial charge in [0, 0.05) is 37.1 Å². The summed E-state index contributed by atoms with van der Waals surface area (Å²) in [4.78, 5) is 2.44. The summed E-state index contributed by atoms with van der Waals surface area (Å²) in [6.45, 7) is 9.03. The maximum Gasteiger partial charge on any atom is 0.123 e. The maximum absolute atomic E-state index is 13.6. The van der Waals surface area contributed by atoms with Crippen molar-refractivity contribution < 1.29 is 14.2 Å². The number of hydrogen-bond acceptors (Lipinski definition) is 3. The van der Waals surface area contributed by atoms with Crippen LogP contribution in [0.25, 0.3) is 22.2 Å². The van der Waals surface area contributed by atoms with E-state index in [0.717, 1.165) is 51.5 Å². The van der Waals surface area contributed by atoms with Crippen LogP contribution in [0.1, 0.15) is 24.5 Å². The molecule has 1 N–H and O–H groups in total. The number of aryl methyl sites for hydroxylation is 1. The van der Waals surface area contributed by atoms with E-state index in [0.29, 0.717) is 13.2 Å². The second-order valence-corrected chi connectivity index (χ2v) is 9.29. The van der Waals surface area contributed by atoms with Crippen LogP contribution in [-0.4, -0.2) is 40.8 Å². The predicted octanol–water partition coefficient (Wildman–Crippen LogP) is 6.23. The van der Waals surface area contributed by atoms with Crippen LogP contribution in [0.15, 0.2) is 66.7 Å². The topological polar surface area (TPSA) is 37.6 Å². The van der Waals surface area contributed by atoms with Crippen molar-refractivity contribution in [2.75, 3.05) is 26.2 Å². The summed E-state index contributed by atoms with van der Waals surface area (Å²) in [5.74, 6) is 1.73. The quantitative estimate of drug-likeness (QED) is 0.340. The zero-order valence-electron chi connectivity index (χ0n) is 19.8. The van der Waals surface area contributed by atoms with Crippen LogP contribution in [-0.2, 0) is 6.54 Å². The monoisotopic (exact) mass is 458 g/mol. The number of phenolic OH excluding ortho intramolecular Hbond substituents is 1. The molecule has 0 amide bonds. The van der Waals surface area contributed by atoms with Crippen molar-refractivity contribution >= 4 is 10.9 Å². The normalized spacial score (nSPS) is 14.4. The predicted molar refractivity (Wildman–Crippen MR) is 135 cm³/mol. The van der Waals surface area contributed by atoms with Crippen molar-refractivity contribution in [2.24, 2.45) is 5.92 Å². The SMILES string of the molecule is CCC1CN(CCOc2ccc(Cn3c(-c4ccc(F)cc4)c(C)c4cc(O)ccc43)cc2)C1. The summed E-state index contributed by atoms with van der Waals surface area (Å²) < 4.78 is 21.8. The molecule has 0 unspecified atom stereocenters. The number of aromatic hydroxyl groups is 1. The molecule has 0 spiro atoms. The van der Waals surface area contributed by atoms with Gasteiger partial charge >= 0.3 is 0 Å². The highest BCUT2D eigenvalue weighted by Gasteiger charge is 2.24. The van der Waals surface area contributed by atoms with Crippen molar-refractivity contribution in [3.63, 3.8) is 0 Å². The minimum atomic E-state index is -0.253. The summed E-state index contributed by atoms with van der Waals surface area (Å²) in [5, 5.41) is 11.1. The van der Waals surface area contributed by atoms with Gasteiger partial charge in [0.05, 0.1) is 5.69 Å². The van der Waals surface area contributed by atoms with E-state index in [9.17, 15) is 9.50 Å². The second kappa shape index (κ2) is 9.51. The van der Waals surface area contributed by atoms with Gasteiger partial charge in [0.15, 0.2) is 0 Å². The number of ether oxygens (including phenoxy) is 1. The van der Waals surface area contributed by atoms with E-state index in [1.807, 2.05) is 30.3 Å². The average Bonchev–Trinajstić information content (AvgIpc) is 3.07. The molecular weight excluding hydrogens is 427 g/mol. The Kier molecular flexibility index (Phi) is 6.29. The van der Waals surface area contributed by atoms with Crippen LogP contribution in [0.5, 0.6) is 11.5 Å². The molecule has 2 heterocycles. The van der Waals surface area contributed by atoms with Gasteiger partial charge in [0.1, 0.15) is 23.9 Å². The van der Waals surface area contributed by atoms with Crippen LogP contribution in [0.3, 0.4) is 0 Å². The first-order valence-corrected chi connectivity index (χ1v) is 12.0. The third kappa shape index (κ3) is 4.53. The molecule has 0 atom stereocenters. The van der Waals surface area contributed by atoms with Gasteiger partial charge in [-0.15, -0.1) is 0 Å². The van der Waals surface area contributed by atoms with E-state index >= 15 is 0 Å². The molecule has 4 nitrogen and oxygen atoms in total. The van der Waals surface area contributed by atoms with Gasteiger partial charge in [0.25, 0.3) is 0 Å². The zero-order valence-corrected chi connectivity index (χ0v) is 19.8. The smallest absolute Gasteiger partial charge is 0.123 e. The van der Waals surface area contributed by atoms with E-state index in [1.165, 1.54) is 31.6 Å². The Labute approximate surface area is 200 Å². The first-order valence-electron chi connectivity index (χ1n) is 12.0. The molecule has 5 heteroatoms. The molecular formula is C29H31FN2O2. The number of halogens is 1. The van der Waals surface area contributed by atoms with Crippen molar-refractivity contribution in [1.29, 1.82) is 0 Å². The molecule has 1 aliphatic heterocycles. The molecule has 5 rings (SSSR count). The third-order valence-corrected chi connectivity index (χ3v) is 6.97. The van der Waals surface area contributed by atoms with Gasteiger partial charge in [-0.3, -0.25) is 4.90 Å². The summed E-state index contributed by atoms with van der Waals surface area (Å²) in [6.07, 6.45) is 1.26. The van der Waals surface area contributed by atoms with Crippen LogP contribution >= 0.6 is 0 Å². The van der Waals surface area contributed by atoms with Crippen LogP contribution in [0.2, 0.25) is 0 Å². The van der Waals surface area contributed by atoms with Gasteiger partial charge in [-0.1, -0.05) is 25.5 Å². The highest BCUT2D eigenvalue weighted by atomic mass is 19.1. The fraction of sp³-hybridized carbons (Fsp3) is 0.310. The number of aromatic nitrogens is 1. The number of benzene rings is 3. The van der Waals surface area contributed by atoms with Crippen molar-refractivity contribution in [3.8, 4) is 22.8 Å². The number of hydrogen-bond donors (Lipinski definition) is 1. The minimum absolute atomic E-state index is 0.239. The molecule has 0 aliphatic carbocycles. The molecule has 0 bridgehead atoms. The van der Waals surface area contributed by atoms with Gasteiger partial charge in [-0.2, -0.15) is 0 Å². The number of nitrogens with zero attached hydrogens (tertiary/aromatic N) is 2. The lowest BCUT2D eigenvalue weighted by molar-refractivity contribution is 0.0806. The van der Waals surface area contributed by atoms with Gasteiger partial charge in [0.2, 0.25) is 0 Å².